The number of phenols is 1. The van der Waals surface area contributed by atoms with Gasteiger partial charge in [-0.1, -0.05) is 44.7 Å². The summed E-state index contributed by atoms with van der Waals surface area (Å²) in [6, 6.07) is 4.21. The van der Waals surface area contributed by atoms with Gasteiger partial charge in [0.2, 0.25) is 0 Å². The third-order valence-electron chi connectivity index (χ3n) is 4.76. The summed E-state index contributed by atoms with van der Waals surface area (Å²) in [7, 11) is 0. The summed E-state index contributed by atoms with van der Waals surface area (Å²) in [5, 5.41) is 14.0. The monoisotopic (exact) mass is 416 g/mol. The van der Waals surface area contributed by atoms with Crippen molar-refractivity contribution < 1.29 is 5.11 Å². The summed E-state index contributed by atoms with van der Waals surface area (Å²) >= 11 is 7.14. The SMILES string of the molecule is Oc1cc(Br)cc(Br)c1[C@@H](C1CCCC1)N1CCNCC1. The second kappa shape index (κ2) is 6.99. The van der Waals surface area contributed by atoms with E-state index in [4.69, 9.17) is 0 Å². The van der Waals surface area contributed by atoms with Crippen LogP contribution in [0.4, 0.5) is 0 Å². The van der Waals surface area contributed by atoms with Crippen molar-refractivity contribution in [2.75, 3.05) is 26.2 Å². The molecule has 1 aromatic rings. The van der Waals surface area contributed by atoms with Crippen LogP contribution in [-0.2, 0) is 0 Å². The van der Waals surface area contributed by atoms with Crippen LogP contribution in [0.3, 0.4) is 0 Å². The van der Waals surface area contributed by atoms with Gasteiger partial charge in [0.1, 0.15) is 5.75 Å². The lowest BCUT2D eigenvalue weighted by molar-refractivity contribution is 0.123. The number of nitrogens with zero attached hydrogens (tertiary/aromatic N) is 1. The summed E-state index contributed by atoms with van der Waals surface area (Å²) < 4.78 is 1.94. The summed E-state index contributed by atoms with van der Waals surface area (Å²) in [5.41, 5.74) is 1.08. The predicted octanol–water partition coefficient (Wildman–Crippen LogP) is 4.05. The van der Waals surface area contributed by atoms with E-state index < -0.39 is 0 Å². The fourth-order valence-electron chi connectivity index (χ4n) is 3.81. The van der Waals surface area contributed by atoms with Gasteiger partial charge in [-0.25, -0.2) is 0 Å². The summed E-state index contributed by atoms with van der Waals surface area (Å²) in [4.78, 5) is 2.56. The first-order valence-electron chi connectivity index (χ1n) is 7.79. The number of benzene rings is 1. The van der Waals surface area contributed by atoms with Gasteiger partial charge in [0.25, 0.3) is 0 Å². The maximum Gasteiger partial charge on any atom is 0.122 e. The topological polar surface area (TPSA) is 35.5 Å². The molecule has 3 nitrogen and oxygen atoms in total. The van der Waals surface area contributed by atoms with Crippen LogP contribution in [0.15, 0.2) is 21.1 Å². The molecule has 0 spiro atoms. The van der Waals surface area contributed by atoms with Crippen LogP contribution >= 0.6 is 31.9 Å². The van der Waals surface area contributed by atoms with Crippen molar-refractivity contribution in [1.82, 2.24) is 10.2 Å². The van der Waals surface area contributed by atoms with E-state index in [1.54, 1.807) is 0 Å². The van der Waals surface area contributed by atoms with Gasteiger partial charge in [-0.05, 0) is 30.9 Å². The summed E-state index contributed by atoms with van der Waals surface area (Å²) in [6.45, 7) is 4.20. The molecule has 2 aliphatic rings. The summed E-state index contributed by atoms with van der Waals surface area (Å²) in [5.74, 6) is 1.07. The molecular formula is C16H22Br2N2O. The maximum absolute atomic E-state index is 10.5. The van der Waals surface area contributed by atoms with Gasteiger partial charge in [-0.3, -0.25) is 4.90 Å². The lowest BCUT2D eigenvalue weighted by Gasteiger charge is -2.39. The van der Waals surface area contributed by atoms with E-state index in [1.165, 1.54) is 25.7 Å². The summed E-state index contributed by atoms with van der Waals surface area (Å²) in [6.07, 6.45) is 5.19. The molecule has 1 aliphatic heterocycles. The van der Waals surface area contributed by atoms with Crippen molar-refractivity contribution in [3.63, 3.8) is 0 Å². The van der Waals surface area contributed by atoms with Gasteiger partial charge in [-0.15, -0.1) is 0 Å². The van der Waals surface area contributed by atoms with Gasteiger partial charge < -0.3 is 10.4 Å². The highest BCUT2D eigenvalue weighted by Gasteiger charge is 2.34. The molecule has 1 saturated heterocycles. The third kappa shape index (κ3) is 3.46. The number of halogens is 2. The molecule has 0 radical (unpaired) electrons. The van der Waals surface area contributed by atoms with Gasteiger partial charge in [0, 0.05) is 46.7 Å². The van der Waals surface area contributed by atoms with E-state index in [0.717, 1.165) is 40.7 Å². The van der Waals surface area contributed by atoms with Crippen molar-refractivity contribution in [2.24, 2.45) is 5.92 Å². The minimum atomic E-state index is 0.331. The van der Waals surface area contributed by atoms with Gasteiger partial charge >= 0.3 is 0 Å². The Balaban J connectivity index is 1.97. The van der Waals surface area contributed by atoms with E-state index in [1.807, 2.05) is 6.07 Å². The van der Waals surface area contributed by atoms with Crippen molar-refractivity contribution in [2.45, 2.75) is 31.7 Å². The minimum absolute atomic E-state index is 0.331. The van der Waals surface area contributed by atoms with Crippen molar-refractivity contribution >= 4 is 31.9 Å². The van der Waals surface area contributed by atoms with E-state index in [0.29, 0.717) is 17.7 Å². The zero-order valence-electron chi connectivity index (χ0n) is 12.1. The molecule has 1 saturated carbocycles. The van der Waals surface area contributed by atoms with Crippen LogP contribution in [0.5, 0.6) is 5.75 Å². The molecule has 1 heterocycles. The maximum atomic E-state index is 10.5. The highest BCUT2D eigenvalue weighted by atomic mass is 79.9. The molecule has 0 unspecified atom stereocenters. The van der Waals surface area contributed by atoms with Gasteiger partial charge in [-0.2, -0.15) is 0 Å². The molecule has 116 valence electrons. The van der Waals surface area contributed by atoms with Crippen LogP contribution in [0.25, 0.3) is 0 Å². The Morgan fingerprint density at radius 1 is 1.14 bits per heavy atom. The molecule has 1 aromatic carbocycles. The van der Waals surface area contributed by atoms with Crippen LogP contribution in [0, 0.1) is 5.92 Å². The molecule has 2 N–H and O–H groups in total. The molecular weight excluding hydrogens is 396 g/mol. The normalized spacial score (nSPS) is 22.6. The molecule has 0 bridgehead atoms. The smallest absolute Gasteiger partial charge is 0.122 e. The Labute approximate surface area is 143 Å². The Bertz CT molecular complexity index is 474. The standard InChI is InChI=1S/C16H22Br2N2O/c17-12-9-13(18)15(14(21)10-12)16(11-3-1-2-4-11)20-7-5-19-6-8-20/h9-11,16,19,21H,1-8H2/t16-/m1/s1. The second-order valence-electron chi connectivity index (χ2n) is 6.10. The number of rotatable bonds is 3. The zero-order chi connectivity index (χ0) is 14.8. The molecule has 3 rings (SSSR count). The molecule has 21 heavy (non-hydrogen) atoms. The Morgan fingerprint density at radius 2 is 1.81 bits per heavy atom. The van der Waals surface area contributed by atoms with Crippen LogP contribution in [0.2, 0.25) is 0 Å². The highest BCUT2D eigenvalue weighted by Crippen LogP contribution is 2.46. The number of phenolic OH excluding ortho intramolecular Hbond substituents is 1. The molecule has 1 atom stereocenters. The number of hydrogen-bond acceptors (Lipinski definition) is 3. The van der Waals surface area contributed by atoms with Crippen molar-refractivity contribution in [3.8, 4) is 5.75 Å². The average Bonchev–Trinajstić information content (AvgIpc) is 2.97. The first kappa shape index (κ1) is 15.8. The number of hydrogen-bond donors (Lipinski definition) is 2. The second-order valence-corrected chi connectivity index (χ2v) is 7.87. The number of aromatic hydroxyl groups is 1. The quantitative estimate of drug-likeness (QED) is 0.778. The van der Waals surface area contributed by atoms with Gasteiger partial charge in [0.15, 0.2) is 0 Å². The number of piperazine rings is 1. The Morgan fingerprint density at radius 3 is 2.43 bits per heavy atom. The van der Waals surface area contributed by atoms with Crippen molar-refractivity contribution in [1.29, 1.82) is 0 Å². The van der Waals surface area contributed by atoms with Crippen LogP contribution < -0.4 is 5.32 Å². The molecule has 0 amide bonds. The lowest BCUT2D eigenvalue weighted by atomic mass is 9.89. The molecule has 0 aromatic heterocycles. The van der Waals surface area contributed by atoms with E-state index in [2.05, 4.69) is 48.1 Å². The lowest BCUT2D eigenvalue weighted by Crippen LogP contribution is -2.46. The largest absolute Gasteiger partial charge is 0.508 e. The van der Waals surface area contributed by atoms with E-state index in [9.17, 15) is 5.11 Å². The highest BCUT2D eigenvalue weighted by molar-refractivity contribution is 9.11. The van der Waals surface area contributed by atoms with Gasteiger partial charge in [0.05, 0.1) is 0 Å². The zero-order valence-corrected chi connectivity index (χ0v) is 15.3. The first-order valence-corrected chi connectivity index (χ1v) is 9.38. The van der Waals surface area contributed by atoms with E-state index in [-0.39, 0.29) is 0 Å². The predicted molar refractivity (Wildman–Crippen MR) is 92.6 cm³/mol. The first-order chi connectivity index (χ1) is 10.2. The van der Waals surface area contributed by atoms with Crippen LogP contribution in [0.1, 0.15) is 37.3 Å². The Kier molecular flexibility index (Phi) is 5.25. The fraction of sp³-hybridized carbons (Fsp3) is 0.625. The Hall–Kier alpha value is -0.100. The molecule has 1 aliphatic carbocycles. The fourth-order valence-corrected chi connectivity index (χ4v) is 5.25. The van der Waals surface area contributed by atoms with Crippen molar-refractivity contribution in [3.05, 3.63) is 26.6 Å². The molecule has 5 heteroatoms. The number of nitrogens with one attached hydrogen (secondary N) is 1. The van der Waals surface area contributed by atoms with Crippen LogP contribution in [-0.4, -0.2) is 36.2 Å². The average molecular weight is 418 g/mol. The third-order valence-corrected chi connectivity index (χ3v) is 5.87. The van der Waals surface area contributed by atoms with E-state index >= 15 is 0 Å². The minimum Gasteiger partial charge on any atom is -0.508 e. The molecule has 2 fully saturated rings.